The maximum absolute atomic E-state index is 13.4. The number of hydrogen-bond acceptors (Lipinski definition) is 4. The van der Waals surface area contributed by atoms with Gasteiger partial charge in [0.2, 0.25) is 0 Å². The summed E-state index contributed by atoms with van der Waals surface area (Å²) in [5, 5.41) is 14.2. The molecule has 1 aromatic carbocycles. The fraction of sp³-hybridized carbons (Fsp3) is 0.529. The van der Waals surface area contributed by atoms with Crippen molar-refractivity contribution in [1.82, 2.24) is 19.7 Å². The van der Waals surface area contributed by atoms with Gasteiger partial charge in [0.1, 0.15) is 12.2 Å². The van der Waals surface area contributed by atoms with Crippen molar-refractivity contribution >= 4 is 0 Å². The van der Waals surface area contributed by atoms with E-state index in [1.54, 1.807) is 10.7 Å². The van der Waals surface area contributed by atoms with Gasteiger partial charge >= 0.3 is 6.18 Å². The van der Waals surface area contributed by atoms with Crippen LogP contribution in [0.3, 0.4) is 0 Å². The molecular weight excluding hydrogens is 333 g/mol. The second kappa shape index (κ2) is 6.76. The molecule has 8 heteroatoms. The minimum atomic E-state index is -4.42. The summed E-state index contributed by atoms with van der Waals surface area (Å²) >= 11 is 0. The number of aliphatic hydroxyl groups excluding tert-OH is 1. The molecule has 1 N–H and O–H groups in total. The molecule has 1 saturated heterocycles. The summed E-state index contributed by atoms with van der Waals surface area (Å²) in [5.74, 6) is 0.679. The lowest BCUT2D eigenvalue weighted by molar-refractivity contribution is -0.138. The average Bonchev–Trinajstić information content (AvgIpc) is 3.13. The van der Waals surface area contributed by atoms with Gasteiger partial charge in [0, 0.05) is 18.6 Å². The summed E-state index contributed by atoms with van der Waals surface area (Å²) in [6, 6.07) is 5.17. The molecule has 2 heterocycles. The van der Waals surface area contributed by atoms with Crippen LogP contribution < -0.4 is 0 Å². The van der Waals surface area contributed by atoms with Crippen molar-refractivity contribution in [1.29, 1.82) is 0 Å². The predicted octanol–water partition coefficient (Wildman–Crippen LogP) is 3.19. The molecule has 5 nitrogen and oxygen atoms in total. The number of rotatable bonds is 4. The zero-order valence-corrected chi connectivity index (χ0v) is 14.1. The van der Waals surface area contributed by atoms with Gasteiger partial charge in [-0.25, -0.2) is 9.67 Å². The molecule has 25 heavy (non-hydrogen) atoms. The Morgan fingerprint density at radius 1 is 1.28 bits per heavy atom. The third-order valence-electron chi connectivity index (χ3n) is 4.49. The summed E-state index contributed by atoms with van der Waals surface area (Å²) in [7, 11) is 0. The Bertz CT molecular complexity index is 729. The maximum atomic E-state index is 13.4. The van der Waals surface area contributed by atoms with Crippen LogP contribution >= 0.6 is 0 Å². The molecular formula is C17H21F3N4O. The number of aromatic nitrogens is 3. The normalized spacial score (nSPS) is 22.0. The summed E-state index contributed by atoms with van der Waals surface area (Å²) in [6.07, 6.45) is -3.38. The lowest BCUT2D eigenvalue weighted by atomic mass is 9.97. The molecule has 1 aliphatic rings. The van der Waals surface area contributed by atoms with Crippen LogP contribution in [0.15, 0.2) is 30.6 Å². The average molecular weight is 354 g/mol. The highest BCUT2D eigenvalue weighted by Crippen LogP contribution is 2.40. The van der Waals surface area contributed by atoms with Crippen LogP contribution in [-0.4, -0.2) is 37.4 Å². The van der Waals surface area contributed by atoms with E-state index in [9.17, 15) is 18.3 Å². The van der Waals surface area contributed by atoms with Crippen molar-refractivity contribution in [2.24, 2.45) is 0 Å². The van der Waals surface area contributed by atoms with Gasteiger partial charge in [-0.05, 0) is 31.9 Å². The number of benzene rings is 1. The van der Waals surface area contributed by atoms with Gasteiger partial charge in [-0.1, -0.05) is 18.2 Å². The van der Waals surface area contributed by atoms with E-state index in [0.717, 1.165) is 6.07 Å². The lowest BCUT2D eigenvalue weighted by Crippen LogP contribution is -2.28. The molecule has 3 rings (SSSR count). The van der Waals surface area contributed by atoms with Gasteiger partial charge < -0.3 is 5.11 Å². The molecule has 0 aliphatic carbocycles. The Morgan fingerprint density at radius 3 is 2.68 bits per heavy atom. The molecule has 2 atom stereocenters. The summed E-state index contributed by atoms with van der Waals surface area (Å²) < 4.78 is 41.8. The van der Waals surface area contributed by atoms with E-state index in [-0.39, 0.29) is 18.0 Å². The molecule has 0 amide bonds. The van der Waals surface area contributed by atoms with E-state index < -0.39 is 23.9 Å². The lowest BCUT2D eigenvalue weighted by Gasteiger charge is -2.26. The fourth-order valence-electron chi connectivity index (χ4n) is 3.42. The third-order valence-corrected chi connectivity index (χ3v) is 4.49. The molecule has 1 fully saturated rings. The second-order valence-electron chi connectivity index (χ2n) is 6.63. The Hall–Kier alpha value is -1.93. The van der Waals surface area contributed by atoms with Crippen molar-refractivity contribution in [2.45, 2.75) is 51.2 Å². The van der Waals surface area contributed by atoms with Crippen molar-refractivity contribution in [3.05, 3.63) is 47.5 Å². The molecule has 136 valence electrons. The first-order valence-corrected chi connectivity index (χ1v) is 8.24. The number of hydrogen-bond donors (Lipinski definition) is 1. The fourth-order valence-corrected chi connectivity index (χ4v) is 3.42. The molecule has 0 saturated carbocycles. The van der Waals surface area contributed by atoms with E-state index in [2.05, 4.69) is 10.1 Å². The summed E-state index contributed by atoms with van der Waals surface area (Å²) in [6.45, 7) is 4.58. The van der Waals surface area contributed by atoms with Crippen LogP contribution in [0.4, 0.5) is 13.2 Å². The molecule has 0 bridgehead atoms. The minimum Gasteiger partial charge on any atom is -0.392 e. The highest BCUT2D eigenvalue weighted by Gasteiger charge is 2.40. The highest BCUT2D eigenvalue weighted by molar-refractivity contribution is 5.33. The number of halogens is 3. The first-order chi connectivity index (χ1) is 11.8. The summed E-state index contributed by atoms with van der Waals surface area (Å²) in [5.41, 5.74) is -0.452. The summed E-state index contributed by atoms with van der Waals surface area (Å²) in [4.78, 5) is 6.08. The van der Waals surface area contributed by atoms with Crippen LogP contribution in [0.5, 0.6) is 0 Å². The Balaban J connectivity index is 1.92. The van der Waals surface area contributed by atoms with E-state index in [1.807, 2.05) is 18.7 Å². The van der Waals surface area contributed by atoms with Gasteiger partial charge in [0.15, 0.2) is 0 Å². The second-order valence-corrected chi connectivity index (χ2v) is 6.63. The molecule has 1 aromatic heterocycles. The van der Waals surface area contributed by atoms with Gasteiger partial charge in [-0.3, -0.25) is 4.90 Å². The van der Waals surface area contributed by atoms with Crippen LogP contribution in [-0.2, 0) is 12.7 Å². The van der Waals surface area contributed by atoms with Crippen molar-refractivity contribution in [2.75, 3.05) is 6.54 Å². The molecule has 2 aromatic rings. The standard InChI is InChI=1S/C17H21F3N4O/c1-11(2)24-16(21-10-22-24)9-23-8-12(25)7-15(23)13-5-3-4-6-14(13)17(18,19)20/h3-6,10-12,15,25H,7-9H2,1-2H3/t12-,15+/m1/s1. The first-order valence-electron chi connectivity index (χ1n) is 8.24. The van der Waals surface area contributed by atoms with E-state index in [4.69, 9.17) is 0 Å². The number of likely N-dealkylation sites (tertiary alicyclic amines) is 1. The Morgan fingerprint density at radius 2 is 2.00 bits per heavy atom. The van der Waals surface area contributed by atoms with Crippen LogP contribution in [0.2, 0.25) is 0 Å². The van der Waals surface area contributed by atoms with Gasteiger partial charge in [0.25, 0.3) is 0 Å². The van der Waals surface area contributed by atoms with E-state index in [1.165, 1.54) is 18.5 Å². The monoisotopic (exact) mass is 354 g/mol. The zero-order valence-electron chi connectivity index (χ0n) is 14.1. The number of alkyl halides is 3. The first kappa shape index (κ1) is 17.9. The van der Waals surface area contributed by atoms with E-state index >= 15 is 0 Å². The van der Waals surface area contributed by atoms with Gasteiger partial charge in [-0.15, -0.1) is 0 Å². The Kier molecular flexibility index (Phi) is 4.83. The largest absolute Gasteiger partial charge is 0.416 e. The van der Waals surface area contributed by atoms with Crippen molar-refractivity contribution < 1.29 is 18.3 Å². The SMILES string of the molecule is CC(C)n1ncnc1CN1C[C@H](O)C[C@H]1c1ccccc1C(F)(F)F. The van der Waals surface area contributed by atoms with Gasteiger partial charge in [0.05, 0.1) is 18.2 Å². The van der Waals surface area contributed by atoms with E-state index in [0.29, 0.717) is 18.9 Å². The van der Waals surface area contributed by atoms with Crippen molar-refractivity contribution in [3.63, 3.8) is 0 Å². The van der Waals surface area contributed by atoms with Crippen LogP contribution in [0.25, 0.3) is 0 Å². The molecule has 1 aliphatic heterocycles. The zero-order chi connectivity index (χ0) is 18.2. The quantitative estimate of drug-likeness (QED) is 0.916. The van der Waals surface area contributed by atoms with Gasteiger partial charge in [-0.2, -0.15) is 18.3 Å². The number of nitrogens with zero attached hydrogens (tertiary/aromatic N) is 4. The highest BCUT2D eigenvalue weighted by atomic mass is 19.4. The predicted molar refractivity (Wildman–Crippen MR) is 85.6 cm³/mol. The Labute approximate surface area is 144 Å². The third kappa shape index (κ3) is 3.69. The van der Waals surface area contributed by atoms with Crippen molar-refractivity contribution in [3.8, 4) is 0 Å². The minimum absolute atomic E-state index is 0.103. The molecule has 0 unspecified atom stereocenters. The smallest absolute Gasteiger partial charge is 0.392 e. The van der Waals surface area contributed by atoms with Crippen LogP contribution in [0, 0.1) is 0 Å². The van der Waals surface area contributed by atoms with Crippen LogP contribution in [0.1, 0.15) is 49.3 Å². The number of aliphatic hydroxyl groups is 1. The maximum Gasteiger partial charge on any atom is 0.416 e. The molecule has 0 radical (unpaired) electrons. The number of β-amino-alcohol motifs (C(OH)–C–C–N with tert-alkyl or cyclic N) is 1. The topological polar surface area (TPSA) is 54.2 Å². The molecule has 0 spiro atoms.